The molecule has 0 aliphatic heterocycles. The summed E-state index contributed by atoms with van der Waals surface area (Å²) in [6.07, 6.45) is 15.3. The number of carbonyl (C=O) groups excluding carboxylic acids is 1. The van der Waals surface area contributed by atoms with E-state index in [4.69, 9.17) is 0 Å². The second-order valence-corrected chi connectivity index (χ2v) is 6.51. The van der Waals surface area contributed by atoms with Crippen molar-refractivity contribution in [3.8, 4) is 0 Å². The summed E-state index contributed by atoms with van der Waals surface area (Å²) in [7, 11) is 0. The average Bonchev–Trinajstić information content (AvgIpc) is 2.54. The summed E-state index contributed by atoms with van der Waals surface area (Å²) in [5.74, 6) is 1.62. The molecule has 0 unspecified atom stereocenters. The molecule has 1 fully saturated rings. The number of rotatable bonds is 8. The van der Waals surface area contributed by atoms with Crippen LogP contribution in [0.2, 0.25) is 0 Å². The van der Waals surface area contributed by atoms with Gasteiger partial charge in [0, 0.05) is 24.2 Å². The van der Waals surface area contributed by atoms with Crippen LogP contribution in [0.1, 0.15) is 81.9 Å². The van der Waals surface area contributed by atoms with Gasteiger partial charge in [0.2, 0.25) is 0 Å². The molecule has 1 aromatic heterocycles. The predicted octanol–water partition coefficient (Wildman–Crippen LogP) is 5.07. The van der Waals surface area contributed by atoms with Gasteiger partial charge in [-0.1, -0.05) is 38.7 Å². The molecular formula is C19H29NO. The highest BCUT2D eigenvalue weighted by molar-refractivity contribution is 5.49. The molecule has 2 nitrogen and oxygen atoms in total. The Kier molecular flexibility index (Phi) is 6.91. The van der Waals surface area contributed by atoms with E-state index in [0.29, 0.717) is 12.3 Å². The molecule has 1 aliphatic rings. The molecule has 0 spiro atoms. The van der Waals surface area contributed by atoms with Gasteiger partial charge in [-0.25, -0.2) is 0 Å². The van der Waals surface area contributed by atoms with Gasteiger partial charge in [0.15, 0.2) is 0 Å². The van der Waals surface area contributed by atoms with Crippen LogP contribution in [0.25, 0.3) is 0 Å². The van der Waals surface area contributed by atoms with E-state index >= 15 is 0 Å². The highest BCUT2D eigenvalue weighted by Crippen LogP contribution is 2.37. The summed E-state index contributed by atoms with van der Waals surface area (Å²) in [6, 6.07) is 4.33. The molecule has 0 aromatic carbocycles. The maximum absolute atomic E-state index is 10.4. The van der Waals surface area contributed by atoms with Crippen LogP contribution in [0, 0.1) is 5.92 Å². The van der Waals surface area contributed by atoms with E-state index in [1.165, 1.54) is 62.6 Å². The predicted molar refractivity (Wildman–Crippen MR) is 87.5 cm³/mol. The maximum atomic E-state index is 10.4. The molecule has 0 bridgehead atoms. The monoisotopic (exact) mass is 287 g/mol. The fourth-order valence-electron chi connectivity index (χ4n) is 3.48. The molecule has 0 amide bonds. The van der Waals surface area contributed by atoms with Crippen molar-refractivity contribution in [1.29, 1.82) is 0 Å². The topological polar surface area (TPSA) is 30.0 Å². The van der Waals surface area contributed by atoms with Crippen molar-refractivity contribution in [2.45, 2.75) is 77.0 Å². The van der Waals surface area contributed by atoms with Gasteiger partial charge in [-0.05, 0) is 49.7 Å². The first-order valence-electron chi connectivity index (χ1n) is 8.72. The Morgan fingerprint density at radius 3 is 2.62 bits per heavy atom. The van der Waals surface area contributed by atoms with Gasteiger partial charge < -0.3 is 4.79 Å². The molecule has 0 atom stereocenters. The van der Waals surface area contributed by atoms with Crippen LogP contribution < -0.4 is 0 Å². The molecule has 21 heavy (non-hydrogen) atoms. The number of pyridine rings is 1. The number of aryl methyl sites for hydroxylation is 1. The molecule has 2 heteroatoms. The minimum absolute atomic E-state index is 0.601. The molecule has 0 radical (unpaired) electrons. The number of aromatic nitrogens is 1. The summed E-state index contributed by atoms with van der Waals surface area (Å²) < 4.78 is 0. The zero-order valence-electron chi connectivity index (χ0n) is 13.4. The van der Waals surface area contributed by atoms with E-state index < -0.39 is 0 Å². The van der Waals surface area contributed by atoms with Crippen LogP contribution in [0.3, 0.4) is 0 Å². The second kappa shape index (κ2) is 8.96. The normalized spacial score (nSPS) is 22.1. The molecule has 2 rings (SSSR count). The second-order valence-electron chi connectivity index (χ2n) is 6.51. The first kappa shape index (κ1) is 16.2. The van der Waals surface area contributed by atoms with Crippen molar-refractivity contribution in [2.24, 2.45) is 5.92 Å². The SMILES string of the molecule is CCCCCC1CCC(c2ccc(CCC=O)cn2)CC1. The Labute approximate surface area is 129 Å². The molecule has 0 N–H and O–H groups in total. The molecule has 1 saturated carbocycles. The number of carbonyl (C=O) groups is 1. The lowest BCUT2D eigenvalue weighted by Crippen LogP contribution is -2.14. The number of aldehydes is 1. The fourth-order valence-corrected chi connectivity index (χ4v) is 3.48. The number of unbranched alkanes of at least 4 members (excludes halogenated alkanes) is 2. The fraction of sp³-hybridized carbons (Fsp3) is 0.684. The highest BCUT2D eigenvalue weighted by atomic mass is 16.1. The van der Waals surface area contributed by atoms with Crippen LogP contribution in [0.5, 0.6) is 0 Å². The zero-order chi connectivity index (χ0) is 14.9. The van der Waals surface area contributed by atoms with Crippen molar-refractivity contribution >= 4 is 6.29 Å². The van der Waals surface area contributed by atoms with Gasteiger partial charge in [0.25, 0.3) is 0 Å². The minimum atomic E-state index is 0.601. The van der Waals surface area contributed by atoms with E-state index in [-0.39, 0.29) is 0 Å². The molecule has 116 valence electrons. The lowest BCUT2D eigenvalue weighted by atomic mass is 9.78. The number of nitrogens with zero attached hydrogens (tertiary/aromatic N) is 1. The number of hydrogen-bond donors (Lipinski definition) is 0. The van der Waals surface area contributed by atoms with Gasteiger partial charge in [-0.15, -0.1) is 0 Å². The van der Waals surface area contributed by atoms with Crippen molar-refractivity contribution in [3.63, 3.8) is 0 Å². The molecule has 1 heterocycles. The highest BCUT2D eigenvalue weighted by Gasteiger charge is 2.22. The summed E-state index contributed by atoms with van der Waals surface area (Å²) in [6.45, 7) is 2.28. The Morgan fingerprint density at radius 1 is 1.19 bits per heavy atom. The van der Waals surface area contributed by atoms with Crippen LogP contribution in [0.15, 0.2) is 18.3 Å². The van der Waals surface area contributed by atoms with Crippen molar-refractivity contribution in [1.82, 2.24) is 4.98 Å². The Morgan fingerprint density at radius 2 is 2.00 bits per heavy atom. The summed E-state index contributed by atoms with van der Waals surface area (Å²) >= 11 is 0. The average molecular weight is 287 g/mol. The first-order chi connectivity index (χ1) is 10.3. The van der Waals surface area contributed by atoms with Gasteiger partial charge in [0.1, 0.15) is 6.29 Å². The van der Waals surface area contributed by atoms with Crippen LogP contribution in [-0.4, -0.2) is 11.3 Å². The van der Waals surface area contributed by atoms with E-state index in [9.17, 15) is 4.79 Å². The third kappa shape index (κ3) is 5.26. The van der Waals surface area contributed by atoms with Crippen LogP contribution >= 0.6 is 0 Å². The third-order valence-corrected chi connectivity index (χ3v) is 4.88. The van der Waals surface area contributed by atoms with Gasteiger partial charge in [0.05, 0.1) is 0 Å². The lowest BCUT2D eigenvalue weighted by Gasteiger charge is -2.28. The van der Waals surface area contributed by atoms with Crippen LogP contribution in [-0.2, 0) is 11.2 Å². The summed E-state index contributed by atoms with van der Waals surface area (Å²) in [5.41, 5.74) is 2.44. The molecule has 0 saturated heterocycles. The van der Waals surface area contributed by atoms with E-state index in [1.807, 2.05) is 6.20 Å². The van der Waals surface area contributed by atoms with E-state index in [2.05, 4.69) is 24.0 Å². The standard InChI is InChI=1S/C19H29NO/c1-2-3-4-6-16-8-11-18(12-9-16)19-13-10-17(15-20-19)7-5-14-21/h10,13-16,18H,2-9,11-12H2,1H3. The van der Waals surface area contributed by atoms with Crippen molar-refractivity contribution in [2.75, 3.05) is 0 Å². The van der Waals surface area contributed by atoms with E-state index in [0.717, 1.165) is 18.6 Å². The maximum Gasteiger partial charge on any atom is 0.120 e. The minimum Gasteiger partial charge on any atom is -0.303 e. The summed E-state index contributed by atoms with van der Waals surface area (Å²) in [5, 5.41) is 0. The molecule has 1 aliphatic carbocycles. The molecule has 1 aromatic rings. The van der Waals surface area contributed by atoms with Crippen molar-refractivity contribution in [3.05, 3.63) is 29.6 Å². The van der Waals surface area contributed by atoms with E-state index in [1.54, 1.807) is 0 Å². The molecular weight excluding hydrogens is 258 g/mol. The van der Waals surface area contributed by atoms with Crippen LogP contribution in [0.4, 0.5) is 0 Å². The number of hydrogen-bond acceptors (Lipinski definition) is 2. The zero-order valence-corrected chi connectivity index (χ0v) is 13.4. The van der Waals surface area contributed by atoms with Gasteiger partial charge in [-0.3, -0.25) is 4.98 Å². The third-order valence-electron chi connectivity index (χ3n) is 4.88. The Bertz CT molecular complexity index is 404. The lowest BCUT2D eigenvalue weighted by molar-refractivity contribution is -0.107. The largest absolute Gasteiger partial charge is 0.303 e. The van der Waals surface area contributed by atoms with Crippen molar-refractivity contribution < 1.29 is 4.79 Å². The van der Waals surface area contributed by atoms with Gasteiger partial charge in [-0.2, -0.15) is 0 Å². The summed E-state index contributed by atoms with van der Waals surface area (Å²) in [4.78, 5) is 15.0. The smallest absolute Gasteiger partial charge is 0.120 e. The quantitative estimate of drug-likeness (QED) is 0.493. The first-order valence-corrected chi connectivity index (χ1v) is 8.72. The Hall–Kier alpha value is -1.18. The van der Waals surface area contributed by atoms with Gasteiger partial charge >= 0.3 is 0 Å². The Balaban J connectivity index is 1.77.